The number of hydrogen-bond acceptors (Lipinski definition) is 0. The van der Waals surface area contributed by atoms with E-state index in [2.05, 4.69) is 74.8 Å². The molecule has 0 saturated heterocycles. The van der Waals surface area contributed by atoms with E-state index in [1.54, 1.807) is 0 Å². The van der Waals surface area contributed by atoms with Gasteiger partial charge >= 0.3 is 0 Å². The van der Waals surface area contributed by atoms with Crippen LogP contribution in [0, 0.1) is 5.92 Å². The highest BCUT2D eigenvalue weighted by molar-refractivity contribution is 9.51. The van der Waals surface area contributed by atoms with Crippen molar-refractivity contribution in [3.8, 4) is 0 Å². The summed E-state index contributed by atoms with van der Waals surface area (Å²) in [6.07, 6.45) is 0. The lowest BCUT2D eigenvalue weighted by molar-refractivity contribution is 0.731. The molecule has 0 radical (unpaired) electrons. The number of benzene rings is 1. The van der Waals surface area contributed by atoms with Crippen molar-refractivity contribution in [1.82, 2.24) is 0 Å². The second kappa shape index (κ2) is 4.76. The van der Waals surface area contributed by atoms with Crippen LogP contribution in [0.15, 0.2) is 30.3 Å². The fourth-order valence-electron chi connectivity index (χ4n) is 1.31. The molecule has 0 N–H and O–H groups in total. The SMILES string of the molecule is CC(C)C[Si](Br)(Br)c1ccccc1. The summed E-state index contributed by atoms with van der Waals surface area (Å²) in [5, 5.41) is -0.0974. The molecule has 1 aromatic carbocycles. The van der Waals surface area contributed by atoms with Gasteiger partial charge in [-0.25, -0.2) is 0 Å². The number of halogens is 2. The normalized spacial score (nSPS) is 12.1. The lowest BCUT2D eigenvalue weighted by atomic mass is 10.3. The summed E-state index contributed by atoms with van der Waals surface area (Å²) >= 11 is 7.69. The molecule has 0 amide bonds. The van der Waals surface area contributed by atoms with Gasteiger partial charge in [-0.05, 0) is 17.1 Å². The van der Waals surface area contributed by atoms with Gasteiger partial charge in [0.2, 0.25) is 5.31 Å². The predicted octanol–water partition coefficient (Wildman–Crippen LogP) is 3.78. The molecule has 0 bridgehead atoms. The van der Waals surface area contributed by atoms with Crippen molar-refractivity contribution in [1.29, 1.82) is 0 Å². The van der Waals surface area contributed by atoms with Crippen LogP contribution in [-0.4, -0.2) is 5.31 Å². The lowest BCUT2D eigenvalue weighted by Gasteiger charge is -2.20. The largest absolute Gasteiger partial charge is 0.230 e. The Balaban J connectivity index is 2.81. The molecule has 0 unspecified atom stereocenters. The van der Waals surface area contributed by atoms with E-state index in [9.17, 15) is 0 Å². The molecular formula is C10H14Br2Si. The quantitative estimate of drug-likeness (QED) is 0.587. The van der Waals surface area contributed by atoms with Gasteiger partial charge in [0.25, 0.3) is 0 Å². The molecule has 0 aliphatic rings. The van der Waals surface area contributed by atoms with Crippen LogP contribution in [-0.2, 0) is 0 Å². The first-order valence-electron chi connectivity index (χ1n) is 4.46. The van der Waals surface area contributed by atoms with Crippen LogP contribution in [0.4, 0.5) is 0 Å². The number of hydrogen-bond donors (Lipinski definition) is 0. The molecule has 0 spiro atoms. The zero-order chi connectivity index (χ0) is 9.90. The summed E-state index contributed by atoms with van der Waals surface area (Å²) in [4.78, 5) is 0. The fourth-order valence-corrected chi connectivity index (χ4v) is 8.72. The van der Waals surface area contributed by atoms with Gasteiger partial charge < -0.3 is 0 Å². The molecule has 0 fully saturated rings. The van der Waals surface area contributed by atoms with E-state index in [4.69, 9.17) is 0 Å². The van der Waals surface area contributed by atoms with Crippen LogP contribution in [0.25, 0.3) is 0 Å². The Kier molecular flexibility index (Phi) is 4.20. The van der Waals surface area contributed by atoms with Gasteiger partial charge in [-0.3, -0.25) is 0 Å². The van der Waals surface area contributed by atoms with Crippen LogP contribution >= 0.6 is 30.6 Å². The van der Waals surface area contributed by atoms with Crippen LogP contribution < -0.4 is 5.19 Å². The minimum absolute atomic E-state index is 0.727. The summed E-state index contributed by atoms with van der Waals surface area (Å²) in [5.74, 6) is 0.727. The van der Waals surface area contributed by atoms with Crippen LogP contribution in [0.1, 0.15) is 13.8 Å². The molecule has 13 heavy (non-hydrogen) atoms. The predicted molar refractivity (Wildman–Crippen MR) is 69.3 cm³/mol. The van der Waals surface area contributed by atoms with Crippen LogP contribution in [0.5, 0.6) is 0 Å². The van der Waals surface area contributed by atoms with Gasteiger partial charge in [0.15, 0.2) is 0 Å². The third-order valence-corrected chi connectivity index (χ3v) is 9.06. The van der Waals surface area contributed by atoms with Gasteiger partial charge in [0.05, 0.1) is 0 Å². The minimum atomic E-state index is -1.52. The third-order valence-electron chi connectivity index (χ3n) is 1.86. The van der Waals surface area contributed by atoms with E-state index in [0.29, 0.717) is 0 Å². The van der Waals surface area contributed by atoms with Crippen molar-refractivity contribution in [3.05, 3.63) is 30.3 Å². The molecule has 72 valence electrons. The molecule has 0 heterocycles. The van der Waals surface area contributed by atoms with Crippen molar-refractivity contribution in [2.75, 3.05) is 0 Å². The Morgan fingerprint density at radius 1 is 1.15 bits per heavy atom. The maximum atomic E-state index is 3.85. The van der Waals surface area contributed by atoms with Gasteiger partial charge in [-0.1, -0.05) is 44.2 Å². The second-order valence-electron chi connectivity index (χ2n) is 3.67. The average molecular weight is 322 g/mol. The Morgan fingerprint density at radius 2 is 1.69 bits per heavy atom. The summed E-state index contributed by atoms with van der Waals surface area (Å²) in [7, 11) is 0. The summed E-state index contributed by atoms with van der Waals surface area (Å²) in [6, 6.07) is 11.9. The monoisotopic (exact) mass is 320 g/mol. The van der Waals surface area contributed by atoms with Crippen LogP contribution in [0.2, 0.25) is 6.04 Å². The molecule has 0 atom stereocenters. The van der Waals surface area contributed by atoms with E-state index >= 15 is 0 Å². The van der Waals surface area contributed by atoms with Crippen molar-refractivity contribution < 1.29 is 0 Å². The minimum Gasteiger partial charge on any atom is -0.105 e. The highest BCUT2D eigenvalue weighted by Gasteiger charge is 2.29. The Morgan fingerprint density at radius 3 is 2.15 bits per heavy atom. The number of rotatable bonds is 3. The first kappa shape index (κ1) is 11.5. The average Bonchev–Trinajstić information content (AvgIpc) is 2.04. The van der Waals surface area contributed by atoms with Crippen molar-refractivity contribution in [2.45, 2.75) is 19.9 Å². The topological polar surface area (TPSA) is 0 Å². The Labute approximate surface area is 96.9 Å². The first-order chi connectivity index (χ1) is 6.02. The zero-order valence-corrected chi connectivity index (χ0v) is 12.1. The van der Waals surface area contributed by atoms with Gasteiger partial charge in [0.1, 0.15) is 0 Å². The smallest absolute Gasteiger partial charge is 0.105 e. The summed E-state index contributed by atoms with van der Waals surface area (Å²) in [5.41, 5.74) is 0. The third kappa shape index (κ3) is 3.56. The van der Waals surface area contributed by atoms with Gasteiger partial charge in [-0.15, -0.1) is 30.6 Å². The Hall–Kier alpha value is 0.397. The van der Waals surface area contributed by atoms with E-state index < -0.39 is 5.31 Å². The molecule has 1 aromatic rings. The summed E-state index contributed by atoms with van der Waals surface area (Å²) in [6.45, 7) is 4.51. The molecule has 1 rings (SSSR count). The molecule has 0 aromatic heterocycles. The van der Waals surface area contributed by atoms with Gasteiger partial charge in [-0.2, -0.15) is 0 Å². The van der Waals surface area contributed by atoms with E-state index in [1.807, 2.05) is 0 Å². The summed E-state index contributed by atoms with van der Waals surface area (Å²) < 4.78 is 0. The maximum Gasteiger partial charge on any atom is 0.230 e. The molecule has 0 saturated carbocycles. The van der Waals surface area contributed by atoms with Crippen molar-refractivity contribution >= 4 is 41.1 Å². The van der Waals surface area contributed by atoms with Crippen molar-refractivity contribution in [2.24, 2.45) is 5.92 Å². The second-order valence-corrected chi connectivity index (χ2v) is 17.4. The maximum absolute atomic E-state index is 3.85. The van der Waals surface area contributed by atoms with E-state index in [1.165, 1.54) is 11.2 Å². The molecule has 0 nitrogen and oxygen atoms in total. The standard InChI is InChI=1S/C10H14Br2Si/c1-9(2)8-13(11,12)10-6-4-3-5-7-10/h3-7,9H,8H2,1-2H3. The van der Waals surface area contributed by atoms with Crippen LogP contribution in [0.3, 0.4) is 0 Å². The first-order valence-corrected chi connectivity index (χ1v) is 11.2. The molecule has 0 aliphatic heterocycles. The van der Waals surface area contributed by atoms with E-state index in [0.717, 1.165) is 5.92 Å². The highest BCUT2D eigenvalue weighted by Crippen LogP contribution is 2.28. The van der Waals surface area contributed by atoms with Crippen molar-refractivity contribution in [3.63, 3.8) is 0 Å². The molecular weight excluding hydrogens is 308 g/mol. The Bertz CT molecular complexity index is 257. The highest BCUT2D eigenvalue weighted by atomic mass is 79.9. The zero-order valence-electron chi connectivity index (χ0n) is 7.93. The molecule has 3 heteroatoms. The fraction of sp³-hybridized carbons (Fsp3) is 0.400. The molecule has 0 aliphatic carbocycles. The van der Waals surface area contributed by atoms with Gasteiger partial charge in [0, 0.05) is 0 Å². The lowest BCUT2D eigenvalue weighted by Crippen LogP contribution is -2.36. The van der Waals surface area contributed by atoms with E-state index in [-0.39, 0.29) is 0 Å².